The van der Waals surface area contributed by atoms with Crippen LogP contribution in [0.3, 0.4) is 0 Å². The summed E-state index contributed by atoms with van der Waals surface area (Å²) in [6.45, 7) is 8.03. The van der Waals surface area contributed by atoms with Crippen LogP contribution in [-0.4, -0.2) is 30.9 Å². The third-order valence-electron chi connectivity index (χ3n) is 2.87. The van der Waals surface area contributed by atoms with Crippen molar-refractivity contribution in [3.63, 3.8) is 0 Å². The van der Waals surface area contributed by atoms with Gasteiger partial charge in [0.2, 0.25) is 11.8 Å². The van der Waals surface area contributed by atoms with Gasteiger partial charge in [-0.2, -0.15) is 0 Å². The Hall–Kier alpha value is -1.10. The Bertz CT molecular complexity index is 250. The van der Waals surface area contributed by atoms with E-state index in [2.05, 4.69) is 10.6 Å². The maximum absolute atomic E-state index is 11.9. The minimum atomic E-state index is -0.596. The number of hydrogen-bond acceptors (Lipinski definition) is 3. The molecule has 0 saturated carbocycles. The van der Waals surface area contributed by atoms with Gasteiger partial charge in [-0.3, -0.25) is 9.59 Å². The summed E-state index contributed by atoms with van der Waals surface area (Å²) in [7, 11) is 0. The van der Waals surface area contributed by atoms with Crippen molar-refractivity contribution in [1.82, 2.24) is 10.6 Å². The lowest BCUT2D eigenvalue weighted by molar-refractivity contribution is -0.134. The molecule has 0 bridgehead atoms. The van der Waals surface area contributed by atoms with Gasteiger partial charge in [0.1, 0.15) is 6.04 Å². The van der Waals surface area contributed by atoms with Crippen LogP contribution in [-0.2, 0) is 9.59 Å². The monoisotopic (exact) mass is 229 g/mol. The Balaban J connectivity index is 4.39. The first-order valence-corrected chi connectivity index (χ1v) is 5.70. The lowest BCUT2D eigenvalue weighted by atomic mass is 9.86. The van der Waals surface area contributed by atoms with Gasteiger partial charge >= 0.3 is 0 Å². The van der Waals surface area contributed by atoms with Gasteiger partial charge in [0.15, 0.2) is 0 Å². The predicted molar refractivity (Wildman–Crippen MR) is 63.7 cm³/mol. The van der Waals surface area contributed by atoms with Gasteiger partial charge in [-0.15, -0.1) is 0 Å². The van der Waals surface area contributed by atoms with Gasteiger partial charge in [0.25, 0.3) is 0 Å². The number of likely N-dealkylation sites (N-methyl/N-ethyl adjacent to an activating group) is 1. The fourth-order valence-corrected chi connectivity index (χ4v) is 1.16. The highest BCUT2D eigenvalue weighted by atomic mass is 16.2. The van der Waals surface area contributed by atoms with E-state index in [1.165, 1.54) is 0 Å². The zero-order chi connectivity index (χ0) is 12.8. The van der Waals surface area contributed by atoms with Crippen LogP contribution in [0.15, 0.2) is 0 Å². The van der Waals surface area contributed by atoms with E-state index >= 15 is 0 Å². The summed E-state index contributed by atoms with van der Waals surface area (Å²) in [6, 6.07) is -0.523. The second-order valence-electron chi connectivity index (χ2n) is 4.21. The number of nitrogens with two attached hydrogens (primary N) is 1. The van der Waals surface area contributed by atoms with Crippen molar-refractivity contribution in [2.75, 3.05) is 13.1 Å². The molecule has 0 heterocycles. The van der Waals surface area contributed by atoms with E-state index in [4.69, 9.17) is 5.73 Å². The lowest BCUT2D eigenvalue weighted by Gasteiger charge is -2.26. The highest BCUT2D eigenvalue weighted by Gasteiger charge is 2.31. The summed E-state index contributed by atoms with van der Waals surface area (Å²) in [5.41, 5.74) is 4.97. The number of nitrogens with one attached hydrogen (secondary N) is 2. The Morgan fingerprint density at radius 1 is 1.38 bits per heavy atom. The van der Waals surface area contributed by atoms with E-state index in [-0.39, 0.29) is 18.4 Å². The highest BCUT2D eigenvalue weighted by molar-refractivity contribution is 5.89. The number of amides is 2. The summed E-state index contributed by atoms with van der Waals surface area (Å²) in [5.74, 6) is -0.345. The Morgan fingerprint density at radius 3 is 2.31 bits per heavy atom. The van der Waals surface area contributed by atoms with Gasteiger partial charge in [0.05, 0.1) is 5.41 Å². The van der Waals surface area contributed by atoms with Crippen molar-refractivity contribution in [1.29, 1.82) is 0 Å². The first-order chi connectivity index (χ1) is 7.41. The van der Waals surface area contributed by atoms with E-state index in [9.17, 15) is 9.59 Å². The summed E-state index contributed by atoms with van der Waals surface area (Å²) in [6.07, 6.45) is 0.650. The molecule has 0 rings (SSSR count). The van der Waals surface area contributed by atoms with Crippen molar-refractivity contribution in [3.05, 3.63) is 0 Å². The van der Waals surface area contributed by atoms with Crippen molar-refractivity contribution in [2.45, 2.75) is 40.2 Å². The quantitative estimate of drug-likeness (QED) is 0.599. The molecule has 4 N–H and O–H groups in total. The Kier molecular flexibility index (Phi) is 6.03. The predicted octanol–water partition coefficient (Wildman–Crippen LogP) is 0.00220. The van der Waals surface area contributed by atoms with Crippen molar-refractivity contribution in [3.8, 4) is 0 Å². The minimum absolute atomic E-state index is 0.170. The number of carbonyl (C=O) groups excluding carboxylic acids is 2. The molecular formula is C11H23N3O2. The zero-order valence-electron chi connectivity index (χ0n) is 10.6. The van der Waals surface area contributed by atoms with Gasteiger partial charge in [-0.1, -0.05) is 6.92 Å². The van der Waals surface area contributed by atoms with Crippen LogP contribution in [0.25, 0.3) is 0 Å². The average molecular weight is 229 g/mol. The standard InChI is InChI=1S/C11H23N3O2/c1-5-11(4,7-12)10(16)14-8(3)9(15)13-6-2/h8H,5-7,12H2,1-4H3,(H,13,15)(H,14,16). The van der Waals surface area contributed by atoms with Gasteiger partial charge in [-0.05, 0) is 27.2 Å². The van der Waals surface area contributed by atoms with Crippen LogP contribution in [0.1, 0.15) is 34.1 Å². The maximum Gasteiger partial charge on any atom is 0.242 e. The van der Waals surface area contributed by atoms with E-state index in [1.807, 2.05) is 13.8 Å². The molecule has 0 aliphatic heterocycles. The van der Waals surface area contributed by atoms with Crippen molar-refractivity contribution < 1.29 is 9.59 Å². The molecule has 0 aliphatic carbocycles. The molecule has 2 unspecified atom stereocenters. The first kappa shape index (κ1) is 14.9. The number of rotatable bonds is 6. The molecule has 94 valence electrons. The van der Waals surface area contributed by atoms with E-state index in [1.54, 1.807) is 13.8 Å². The fourth-order valence-electron chi connectivity index (χ4n) is 1.16. The minimum Gasteiger partial charge on any atom is -0.355 e. The van der Waals surface area contributed by atoms with E-state index in [0.717, 1.165) is 0 Å². The number of carbonyl (C=O) groups is 2. The van der Waals surface area contributed by atoms with Crippen LogP contribution < -0.4 is 16.4 Å². The van der Waals surface area contributed by atoms with Crippen LogP contribution in [0.4, 0.5) is 0 Å². The number of hydrogen-bond donors (Lipinski definition) is 3. The topological polar surface area (TPSA) is 84.2 Å². The Labute approximate surface area is 97.2 Å². The highest BCUT2D eigenvalue weighted by Crippen LogP contribution is 2.19. The second kappa shape index (κ2) is 6.48. The molecule has 0 saturated heterocycles. The molecule has 0 aromatic heterocycles. The largest absolute Gasteiger partial charge is 0.355 e. The second-order valence-corrected chi connectivity index (χ2v) is 4.21. The molecule has 0 spiro atoms. The maximum atomic E-state index is 11.9. The summed E-state index contributed by atoms with van der Waals surface area (Å²) in [4.78, 5) is 23.3. The van der Waals surface area contributed by atoms with E-state index in [0.29, 0.717) is 13.0 Å². The van der Waals surface area contributed by atoms with Crippen LogP contribution in [0.5, 0.6) is 0 Å². The lowest BCUT2D eigenvalue weighted by Crippen LogP contribution is -2.51. The molecule has 0 aromatic rings. The average Bonchev–Trinajstić information content (AvgIpc) is 2.28. The molecular weight excluding hydrogens is 206 g/mol. The van der Waals surface area contributed by atoms with Crippen LogP contribution >= 0.6 is 0 Å². The van der Waals surface area contributed by atoms with Crippen LogP contribution in [0, 0.1) is 5.41 Å². The molecule has 0 aliphatic rings. The molecule has 16 heavy (non-hydrogen) atoms. The Morgan fingerprint density at radius 2 is 1.94 bits per heavy atom. The third kappa shape index (κ3) is 3.81. The summed E-state index contributed by atoms with van der Waals surface area (Å²) in [5, 5.41) is 5.33. The van der Waals surface area contributed by atoms with Gasteiger partial charge < -0.3 is 16.4 Å². The molecule has 0 fully saturated rings. The molecule has 2 atom stereocenters. The smallest absolute Gasteiger partial charge is 0.242 e. The first-order valence-electron chi connectivity index (χ1n) is 5.70. The van der Waals surface area contributed by atoms with Crippen LogP contribution in [0.2, 0.25) is 0 Å². The van der Waals surface area contributed by atoms with E-state index < -0.39 is 11.5 Å². The van der Waals surface area contributed by atoms with Gasteiger partial charge in [0, 0.05) is 13.1 Å². The summed E-state index contributed by atoms with van der Waals surface area (Å²) < 4.78 is 0. The normalized spacial score (nSPS) is 16.1. The summed E-state index contributed by atoms with van der Waals surface area (Å²) >= 11 is 0. The fraction of sp³-hybridized carbons (Fsp3) is 0.818. The molecule has 0 aromatic carbocycles. The molecule has 0 radical (unpaired) electrons. The molecule has 2 amide bonds. The van der Waals surface area contributed by atoms with Gasteiger partial charge in [-0.25, -0.2) is 0 Å². The molecule has 5 heteroatoms. The van der Waals surface area contributed by atoms with Crippen molar-refractivity contribution >= 4 is 11.8 Å². The zero-order valence-corrected chi connectivity index (χ0v) is 10.6. The van der Waals surface area contributed by atoms with Crippen molar-refractivity contribution in [2.24, 2.45) is 11.1 Å². The third-order valence-corrected chi connectivity index (χ3v) is 2.87. The SMILES string of the molecule is CCNC(=O)C(C)NC(=O)C(C)(CC)CN. The molecule has 5 nitrogen and oxygen atoms in total.